The van der Waals surface area contributed by atoms with E-state index in [-0.39, 0.29) is 25.8 Å². The van der Waals surface area contributed by atoms with E-state index in [0.29, 0.717) is 11.8 Å². The summed E-state index contributed by atoms with van der Waals surface area (Å²) in [5.41, 5.74) is 1.44. The predicted molar refractivity (Wildman–Crippen MR) is 44.5 cm³/mol. The van der Waals surface area contributed by atoms with Gasteiger partial charge in [0.25, 0.3) is 0 Å². The maximum atomic E-state index is 3.34. The van der Waals surface area contributed by atoms with Gasteiger partial charge in [-0.25, -0.2) is 11.6 Å². The number of rotatable bonds is 2. The third-order valence-electron chi connectivity index (χ3n) is 1.98. The molecule has 60 valence electrons. The van der Waals surface area contributed by atoms with Crippen molar-refractivity contribution in [3.63, 3.8) is 0 Å². The fourth-order valence-electron chi connectivity index (χ4n) is 1.13. The molecule has 1 atom stereocenters. The van der Waals surface area contributed by atoms with Crippen LogP contribution in [0.15, 0.2) is 17.7 Å². The van der Waals surface area contributed by atoms with Crippen molar-refractivity contribution in [3.05, 3.63) is 23.8 Å². The summed E-state index contributed by atoms with van der Waals surface area (Å²) in [5, 5.41) is 0. The van der Waals surface area contributed by atoms with Gasteiger partial charge in [-0.15, -0.1) is 0 Å². The molecule has 0 saturated heterocycles. The van der Waals surface area contributed by atoms with E-state index >= 15 is 0 Å². The minimum Gasteiger partial charge on any atom is -0.269 e. The molecule has 0 radical (unpaired) electrons. The molecule has 0 fully saturated rings. The van der Waals surface area contributed by atoms with Crippen molar-refractivity contribution in [1.29, 1.82) is 0 Å². The Morgan fingerprint density at radius 2 is 2.18 bits per heavy atom. The Hall–Kier alpha value is 0.350. The maximum absolute atomic E-state index is 3.34. The first kappa shape index (κ1) is 11.4. The Balaban J connectivity index is 0.000001000. The Morgan fingerprint density at radius 1 is 1.55 bits per heavy atom. The van der Waals surface area contributed by atoms with Crippen LogP contribution in [0.5, 0.6) is 0 Å². The van der Waals surface area contributed by atoms with Crippen LogP contribution in [0.4, 0.5) is 0 Å². The number of hydrogen-bond acceptors (Lipinski definition) is 0. The van der Waals surface area contributed by atoms with Crippen molar-refractivity contribution in [1.82, 2.24) is 0 Å². The SMILES string of the molecule is CCC1=CC(C(C)C)[C-]=C1.[Hf]. The molecule has 0 saturated carbocycles. The third-order valence-corrected chi connectivity index (χ3v) is 1.98. The van der Waals surface area contributed by atoms with Gasteiger partial charge in [0.1, 0.15) is 0 Å². The summed E-state index contributed by atoms with van der Waals surface area (Å²) in [6.45, 7) is 6.66. The van der Waals surface area contributed by atoms with E-state index in [1.807, 2.05) is 0 Å². The molecule has 1 heteroatoms. The molecule has 0 heterocycles. The van der Waals surface area contributed by atoms with Crippen molar-refractivity contribution < 1.29 is 25.8 Å². The molecule has 0 aromatic rings. The van der Waals surface area contributed by atoms with E-state index in [1.54, 1.807) is 0 Å². The van der Waals surface area contributed by atoms with E-state index in [2.05, 4.69) is 39.0 Å². The van der Waals surface area contributed by atoms with Crippen LogP contribution >= 0.6 is 0 Å². The molecular formula is C10H15Hf-. The van der Waals surface area contributed by atoms with Crippen LogP contribution in [0.25, 0.3) is 0 Å². The van der Waals surface area contributed by atoms with Gasteiger partial charge in [0, 0.05) is 25.8 Å². The molecule has 0 aliphatic heterocycles. The predicted octanol–water partition coefficient (Wildman–Crippen LogP) is 2.97. The molecule has 1 aliphatic carbocycles. The zero-order valence-electron chi connectivity index (χ0n) is 7.52. The Morgan fingerprint density at radius 3 is 2.45 bits per heavy atom. The van der Waals surface area contributed by atoms with Crippen LogP contribution in [-0.2, 0) is 25.8 Å². The first-order chi connectivity index (χ1) is 4.74. The molecule has 11 heavy (non-hydrogen) atoms. The second kappa shape index (κ2) is 5.08. The van der Waals surface area contributed by atoms with E-state index in [9.17, 15) is 0 Å². The van der Waals surface area contributed by atoms with Gasteiger partial charge in [0.2, 0.25) is 0 Å². The summed E-state index contributed by atoms with van der Waals surface area (Å²) in [4.78, 5) is 0. The van der Waals surface area contributed by atoms with Crippen LogP contribution in [0.2, 0.25) is 0 Å². The standard InChI is InChI=1S/C10H15.Hf/c1-4-9-5-6-10(7-9)8(2)3;/h5,7-8,10H,4H2,1-3H3;/q-1;. The quantitative estimate of drug-likeness (QED) is 0.543. The van der Waals surface area contributed by atoms with Crippen LogP contribution in [0.3, 0.4) is 0 Å². The summed E-state index contributed by atoms with van der Waals surface area (Å²) >= 11 is 0. The van der Waals surface area contributed by atoms with Gasteiger partial charge in [-0.3, -0.25) is 6.08 Å². The van der Waals surface area contributed by atoms with Crippen molar-refractivity contribution in [3.8, 4) is 0 Å². The van der Waals surface area contributed by atoms with E-state index in [1.165, 1.54) is 5.57 Å². The average Bonchev–Trinajstić information content (AvgIpc) is 2.34. The zero-order chi connectivity index (χ0) is 7.56. The summed E-state index contributed by atoms with van der Waals surface area (Å²) in [6.07, 6.45) is 8.94. The third kappa shape index (κ3) is 3.06. The maximum Gasteiger partial charge on any atom is 0 e. The average molecular weight is 314 g/mol. The first-order valence-corrected chi connectivity index (χ1v) is 4.04. The number of hydrogen-bond donors (Lipinski definition) is 0. The van der Waals surface area contributed by atoms with E-state index < -0.39 is 0 Å². The first-order valence-electron chi connectivity index (χ1n) is 4.04. The van der Waals surface area contributed by atoms with Gasteiger partial charge in [0.15, 0.2) is 0 Å². The Bertz CT molecular complexity index is 166. The fourth-order valence-corrected chi connectivity index (χ4v) is 1.13. The summed E-state index contributed by atoms with van der Waals surface area (Å²) < 4.78 is 0. The largest absolute Gasteiger partial charge is 0.269 e. The van der Waals surface area contributed by atoms with Crippen LogP contribution in [0, 0.1) is 17.9 Å². The minimum atomic E-state index is 0. The molecule has 1 rings (SSSR count). The monoisotopic (exact) mass is 315 g/mol. The molecule has 1 aliphatic rings. The molecule has 0 bridgehead atoms. The smallest absolute Gasteiger partial charge is 0 e. The number of allylic oxidation sites excluding steroid dienone is 4. The minimum absolute atomic E-state index is 0. The van der Waals surface area contributed by atoms with Gasteiger partial charge in [-0.2, -0.15) is 6.08 Å². The summed E-state index contributed by atoms with van der Waals surface area (Å²) in [6, 6.07) is 0. The molecule has 0 aromatic carbocycles. The van der Waals surface area contributed by atoms with Gasteiger partial charge in [-0.1, -0.05) is 39.0 Å². The fraction of sp³-hybridized carbons (Fsp3) is 0.600. The van der Waals surface area contributed by atoms with Gasteiger partial charge in [-0.05, 0) is 0 Å². The molecule has 0 nitrogen and oxygen atoms in total. The molecule has 0 spiro atoms. The van der Waals surface area contributed by atoms with Gasteiger partial charge < -0.3 is 0 Å². The van der Waals surface area contributed by atoms with Crippen molar-refractivity contribution in [2.75, 3.05) is 0 Å². The molecule has 0 amide bonds. The zero-order valence-corrected chi connectivity index (χ0v) is 11.1. The van der Waals surface area contributed by atoms with Crippen LogP contribution in [-0.4, -0.2) is 0 Å². The topological polar surface area (TPSA) is 0 Å². The van der Waals surface area contributed by atoms with Crippen LogP contribution in [0.1, 0.15) is 27.2 Å². The summed E-state index contributed by atoms with van der Waals surface area (Å²) in [5.74, 6) is 1.29. The van der Waals surface area contributed by atoms with Crippen molar-refractivity contribution in [2.45, 2.75) is 27.2 Å². The normalized spacial score (nSPS) is 21.8. The Labute approximate surface area is 88.5 Å². The Kier molecular flexibility index (Phi) is 5.24. The van der Waals surface area contributed by atoms with E-state index in [0.717, 1.165) is 6.42 Å². The molecular weight excluding hydrogens is 299 g/mol. The molecule has 0 aromatic heterocycles. The van der Waals surface area contributed by atoms with Gasteiger partial charge in [0.05, 0.1) is 0 Å². The van der Waals surface area contributed by atoms with Gasteiger partial charge >= 0.3 is 0 Å². The van der Waals surface area contributed by atoms with Crippen molar-refractivity contribution in [2.24, 2.45) is 11.8 Å². The molecule has 1 unspecified atom stereocenters. The second-order valence-corrected chi connectivity index (χ2v) is 3.18. The second-order valence-electron chi connectivity index (χ2n) is 3.18. The van der Waals surface area contributed by atoms with Crippen LogP contribution < -0.4 is 0 Å². The summed E-state index contributed by atoms with van der Waals surface area (Å²) in [7, 11) is 0. The van der Waals surface area contributed by atoms with E-state index in [4.69, 9.17) is 0 Å². The van der Waals surface area contributed by atoms with Crippen molar-refractivity contribution >= 4 is 0 Å². The molecule has 0 N–H and O–H groups in total.